The highest BCUT2D eigenvalue weighted by molar-refractivity contribution is 5.65. The summed E-state index contributed by atoms with van der Waals surface area (Å²) in [7, 11) is 2.30. The van der Waals surface area contributed by atoms with Gasteiger partial charge in [-0.2, -0.15) is 5.10 Å². The van der Waals surface area contributed by atoms with Gasteiger partial charge in [0.2, 0.25) is 0 Å². The summed E-state index contributed by atoms with van der Waals surface area (Å²) in [6, 6.07) is 0.807. The molecule has 1 atom stereocenters. The van der Waals surface area contributed by atoms with Crippen LogP contribution < -0.4 is 0 Å². The third kappa shape index (κ3) is 4.45. The minimum Gasteiger partial charge on any atom is -0.303 e. The highest BCUT2D eigenvalue weighted by atomic mass is 15.3. The molecule has 1 unspecified atom stereocenters. The molecule has 1 aromatic rings. The van der Waals surface area contributed by atoms with E-state index in [1.807, 2.05) is 6.20 Å². The van der Waals surface area contributed by atoms with Crippen molar-refractivity contribution in [1.29, 1.82) is 0 Å². The second-order valence-electron chi connectivity index (χ2n) is 7.19. The number of aryl methyl sites for hydroxylation is 1. The normalized spacial score (nSPS) is 23.9. The molecule has 0 N–H and O–H groups in total. The maximum absolute atomic E-state index is 4.46. The lowest BCUT2D eigenvalue weighted by Gasteiger charge is -2.34. The molecular formula is C19H32N4. The molecule has 0 bridgehead atoms. The van der Waals surface area contributed by atoms with E-state index in [0.717, 1.165) is 25.6 Å². The summed E-state index contributed by atoms with van der Waals surface area (Å²) < 4.78 is 2.07. The van der Waals surface area contributed by atoms with Crippen molar-refractivity contribution in [3.8, 4) is 0 Å². The van der Waals surface area contributed by atoms with E-state index < -0.39 is 0 Å². The third-order valence-electron chi connectivity index (χ3n) is 5.45. The van der Waals surface area contributed by atoms with Gasteiger partial charge in [0.1, 0.15) is 0 Å². The van der Waals surface area contributed by atoms with E-state index in [9.17, 15) is 0 Å². The summed E-state index contributed by atoms with van der Waals surface area (Å²) >= 11 is 0. The number of aromatic nitrogens is 2. The van der Waals surface area contributed by atoms with Crippen molar-refractivity contribution in [1.82, 2.24) is 19.6 Å². The molecule has 3 rings (SSSR count). The lowest BCUT2D eigenvalue weighted by atomic mass is 9.99. The van der Waals surface area contributed by atoms with Gasteiger partial charge in [0.05, 0.1) is 6.20 Å². The molecule has 2 aliphatic rings. The Balaban J connectivity index is 1.47. The second-order valence-corrected chi connectivity index (χ2v) is 7.19. The van der Waals surface area contributed by atoms with Gasteiger partial charge in [0.15, 0.2) is 0 Å². The zero-order chi connectivity index (χ0) is 16.1. The van der Waals surface area contributed by atoms with Crippen LogP contribution in [0.2, 0.25) is 0 Å². The standard InChI is InChI=1S/C19H32N4/c1-3-10-23-16-18(15-20-23)17-7-12-22(13-8-17)14-9-19-6-4-5-11-21(19)2/h7,15-16,19H,3-6,8-14H2,1-2H3. The van der Waals surface area contributed by atoms with Crippen LogP contribution in [0.25, 0.3) is 5.57 Å². The van der Waals surface area contributed by atoms with Crippen molar-refractivity contribution in [2.75, 3.05) is 33.2 Å². The smallest absolute Gasteiger partial charge is 0.0564 e. The average Bonchev–Trinajstić information content (AvgIpc) is 3.04. The van der Waals surface area contributed by atoms with Crippen molar-refractivity contribution in [3.05, 3.63) is 24.0 Å². The topological polar surface area (TPSA) is 24.3 Å². The molecule has 128 valence electrons. The number of rotatable bonds is 6. The van der Waals surface area contributed by atoms with E-state index in [1.165, 1.54) is 62.9 Å². The molecule has 4 nitrogen and oxygen atoms in total. The Labute approximate surface area is 141 Å². The van der Waals surface area contributed by atoms with Crippen LogP contribution in [0.1, 0.15) is 51.0 Å². The molecule has 2 aliphatic heterocycles. The van der Waals surface area contributed by atoms with Crippen molar-refractivity contribution in [3.63, 3.8) is 0 Å². The van der Waals surface area contributed by atoms with Crippen LogP contribution in [0.3, 0.4) is 0 Å². The molecule has 3 heterocycles. The number of hydrogen-bond acceptors (Lipinski definition) is 3. The fourth-order valence-corrected chi connectivity index (χ4v) is 3.90. The first-order chi connectivity index (χ1) is 11.3. The minimum absolute atomic E-state index is 0.807. The Morgan fingerprint density at radius 2 is 2.13 bits per heavy atom. The van der Waals surface area contributed by atoms with E-state index in [4.69, 9.17) is 0 Å². The van der Waals surface area contributed by atoms with Gasteiger partial charge in [-0.15, -0.1) is 0 Å². The summed E-state index contributed by atoms with van der Waals surface area (Å²) in [5, 5.41) is 4.46. The number of likely N-dealkylation sites (tertiary alicyclic amines) is 1. The van der Waals surface area contributed by atoms with Gasteiger partial charge in [-0.3, -0.25) is 9.58 Å². The first-order valence-corrected chi connectivity index (χ1v) is 9.40. The Hall–Kier alpha value is -1.13. The second kappa shape index (κ2) is 8.11. The van der Waals surface area contributed by atoms with E-state index in [0.29, 0.717) is 0 Å². The third-order valence-corrected chi connectivity index (χ3v) is 5.45. The van der Waals surface area contributed by atoms with Crippen LogP contribution in [0, 0.1) is 0 Å². The Bertz CT molecular complexity index is 519. The van der Waals surface area contributed by atoms with Crippen molar-refractivity contribution < 1.29 is 0 Å². The van der Waals surface area contributed by atoms with E-state index in [-0.39, 0.29) is 0 Å². The van der Waals surface area contributed by atoms with Crippen molar-refractivity contribution in [2.24, 2.45) is 0 Å². The summed E-state index contributed by atoms with van der Waals surface area (Å²) in [6.45, 7) is 8.05. The molecule has 4 heteroatoms. The van der Waals surface area contributed by atoms with Crippen molar-refractivity contribution in [2.45, 2.75) is 58.0 Å². The van der Waals surface area contributed by atoms with Crippen LogP contribution in [0.5, 0.6) is 0 Å². The molecule has 23 heavy (non-hydrogen) atoms. The molecule has 1 saturated heterocycles. The fourth-order valence-electron chi connectivity index (χ4n) is 3.90. The number of nitrogens with zero attached hydrogens (tertiary/aromatic N) is 4. The van der Waals surface area contributed by atoms with Crippen molar-refractivity contribution >= 4 is 5.57 Å². The summed E-state index contributed by atoms with van der Waals surface area (Å²) in [5.74, 6) is 0. The largest absolute Gasteiger partial charge is 0.303 e. The van der Waals surface area contributed by atoms with Gasteiger partial charge in [-0.05, 0) is 57.8 Å². The first-order valence-electron chi connectivity index (χ1n) is 9.40. The predicted molar refractivity (Wildman–Crippen MR) is 96.4 cm³/mol. The number of piperidine rings is 1. The highest BCUT2D eigenvalue weighted by Crippen LogP contribution is 2.23. The molecule has 0 radical (unpaired) electrons. The SMILES string of the molecule is CCCn1cc(C2=CCN(CCC3CCCCN3C)CC2)cn1. The lowest BCUT2D eigenvalue weighted by molar-refractivity contribution is 0.157. The zero-order valence-corrected chi connectivity index (χ0v) is 14.9. The van der Waals surface area contributed by atoms with Crippen LogP contribution in [-0.2, 0) is 6.54 Å². The van der Waals surface area contributed by atoms with Gasteiger partial charge in [0, 0.05) is 37.4 Å². The zero-order valence-electron chi connectivity index (χ0n) is 14.9. The Morgan fingerprint density at radius 3 is 2.87 bits per heavy atom. The maximum Gasteiger partial charge on any atom is 0.0564 e. The van der Waals surface area contributed by atoms with Gasteiger partial charge in [-0.25, -0.2) is 0 Å². The molecule has 0 amide bonds. The van der Waals surface area contributed by atoms with Crippen LogP contribution in [-0.4, -0.2) is 58.8 Å². The molecule has 0 spiro atoms. The van der Waals surface area contributed by atoms with E-state index >= 15 is 0 Å². The van der Waals surface area contributed by atoms with E-state index in [1.54, 1.807) is 0 Å². The Kier molecular flexibility index (Phi) is 5.90. The average molecular weight is 316 g/mol. The monoisotopic (exact) mass is 316 g/mol. The van der Waals surface area contributed by atoms with Crippen LogP contribution in [0.4, 0.5) is 0 Å². The maximum atomic E-state index is 4.46. The molecule has 1 fully saturated rings. The number of hydrogen-bond donors (Lipinski definition) is 0. The molecular weight excluding hydrogens is 284 g/mol. The fraction of sp³-hybridized carbons (Fsp3) is 0.737. The highest BCUT2D eigenvalue weighted by Gasteiger charge is 2.20. The van der Waals surface area contributed by atoms with Gasteiger partial charge in [-0.1, -0.05) is 19.4 Å². The minimum atomic E-state index is 0.807. The van der Waals surface area contributed by atoms with Crippen LogP contribution in [0.15, 0.2) is 18.5 Å². The quantitative estimate of drug-likeness (QED) is 0.805. The molecule has 1 aromatic heterocycles. The lowest BCUT2D eigenvalue weighted by Crippen LogP contribution is -2.39. The first kappa shape index (κ1) is 16.7. The van der Waals surface area contributed by atoms with Gasteiger partial charge < -0.3 is 4.90 Å². The molecule has 0 saturated carbocycles. The summed E-state index contributed by atoms with van der Waals surface area (Å²) in [6.07, 6.45) is 14.5. The molecule has 0 aromatic carbocycles. The van der Waals surface area contributed by atoms with E-state index in [2.05, 4.69) is 45.8 Å². The van der Waals surface area contributed by atoms with Crippen LogP contribution >= 0.6 is 0 Å². The Morgan fingerprint density at radius 1 is 1.22 bits per heavy atom. The summed E-state index contributed by atoms with van der Waals surface area (Å²) in [5.41, 5.74) is 2.81. The predicted octanol–water partition coefficient (Wildman–Crippen LogP) is 3.26. The summed E-state index contributed by atoms with van der Waals surface area (Å²) in [4.78, 5) is 5.18. The van der Waals surface area contributed by atoms with Gasteiger partial charge in [0.25, 0.3) is 0 Å². The molecule has 0 aliphatic carbocycles. The van der Waals surface area contributed by atoms with Gasteiger partial charge >= 0.3 is 0 Å².